The fourth-order valence-corrected chi connectivity index (χ4v) is 3.44. The van der Waals surface area contributed by atoms with Gasteiger partial charge in [0.25, 0.3) is 0 Å². The number of fused-ring (bicyclic) bond motifs is 1. The molecule has 1 aliphatic rings. The summed E-state index contributed by atoms with van der Waals surface area (Å²) in [4.78, 5) is 35.9. The average Bonchev–Trinajstić information content (AvgIpc) is 2.63. The molecule has 2 aromatic rings. The smallest absolute Gasteiger partial charge is 0.339 e. The van der Waals surface area contributed by atoms with Crippen LogP contribution >= 0.6 is 0 Å². The van der Waals surface area contributed by atoms with Gasteiger partial charge >= 0.3 is 11.6 Å². The Morgan fingerprint density at radius 2 is 2.07 bits per heavy atom. The van der Waals surface area contributed by atoms with Gasteiger partial charge in [-0.3, -0.25) is 9.59 Å². The molecule has 1 atom stereocenters. The molecule has 0 radical (unpaired) electrons. The van der Waals surface area contributed by atoms with Crippen LogP contribution in [0.2, 0.25) is 0 Å². The van der Waals surface area contributed by atoms with Crippen LogP contribution in [0, 0.1) is 6.92 Å². The highest BCUT2D eigenvalue weighted by atomic mass is 16.5. The Balaban J connectivity index is 1.83. The minimum absolute atomic E-state index is 0.119. The molecule has 144 valence electrons. The molecule has 1 heterocycles. The maximum atomic E-state index is 12.4. The van der Waals surface area contributed by atoms with Crippen molar-refractivity contribution < 1.29 is 23.5 Å². The van der Waals surface area contributed by atoms with Gasteiger partial charge in [-0.25, -0.2) is 4.79 Å². The van der Waals surface area contributed by atoms with Crippen molar-refractivity contribution in [2.24, 2.45) is 0 Å². The quantitative estimate of drug-likeness (QED) is 0.570. The average molecular weight is 372 g/mol. The summed E-state index contributed by atoms with van der Waals surface area (Å²) >= 11 is 0. The first-order chi connectivity index (χ1) is 13.0. The van der Waals surface area contributed by atoms with Gasteiger partial charge in [-0.1, -0.05) is 0 Å². The molecule has 1 aromatic heterocycles. The molecule has 6 heteroatoms. The summed E-state index contributed by atoms with van der Waals surface area (Å²) < 4.78 is 16.2. The topological polar surface area (TPSA) is 82.8 Å². The lowest BCUT2D eigenvalue weighted by molar-refractivity contribution is -0.143. The van der Waals surface area contributed by atoms with E-state index < -0.39 is 11.7 Å². The minimum atomic E-state index is -0.463. The summed E-state index contributed by atoms with van der Waals surface area (Å²) in [6.45, 7) is 3.90. The van der Waals surface area contributed by atoms with Crippen LogP contribution in [0.25, 0.3) is 11.0 Å². The molecule has 6 nitrogen and oxygen atoms in total. The molecule has 0 amide bonds. The number of ether oxygens (including phenoxy) is 2. The van der Waals surface area contributed by atoms with E-state index in [0.29, 0.717) is 36.3 Å². The Hall–Kier alpha value is -2.63. The van der Waals surface area contributed by atoms with E-state index in [-0.39, 0.29) is 24.6 Å². The van der Waals surface area contributed by atoms with E-state index in [9.17, 15) is 14.4 Å². The number of aryl methyl sites for hydroxylation is 1. The summed E-state index contributed by atoms with van der Waals surface area (Å²) in [5.41, 5.74) is 1.21. The van der Waals surface area contributed by atoms with Gasteiger partial charge in [0.2, 0.25) is 0 Å². The Morgan fingerprint density at radius 1 is 1.26 bits per heavy atom. The zero-order chi connectivity index (χ0) is 19.4. The number of hydrogen-bond donors (Lipinski definition) is 0. The number of rotatable bonds is 6. The predicted molar refractivity (Wildman–Crippen MR) is 100 cm³/mol. The molecule has 3 rings (SSSR count). The fourth-order valence-electron chi connectivity index (χ4n) is 3.44. The van der Waals surface area contributed by atoms with E-state index >= 15 is 0 Å². The molecule has 1 saturated carbocycles. The second kappa shape index (κ2) is 8.37. The van der Waals surface area contributed by atoms with Crippen molar-refractivity contribution in [3.05, 3.63) is 39.7 Å². The zero-order valence-electron chi connectivity index (χ0n) is 15.7. The van der Waals surface area contributed by atoms with Gasteiger partial charge in [-0.05, 0) is 57.2 Å². The van der Waals surface area contributed by atoms with Gasteiger partial charge < -0.3 is 13.9 Å². The lowest BCUT2D eigenvalue weighted by atomic mass is 9.96. The molecular formula is C21H24O6. The summed E-state index contributed by atoms with van der Waals surface area (Å²) in [5, 5.41) is 0.788. The third kappa shape index (κ3) is 4.38. The van der Waals surface area contributed by atoms with Crippen LogP contribution in [0.1, 0.15) is 50.2 Å². The highest BCUT2D eigenvalue weighted by molar-refractivity contribution is 5.85. The zero-order valence-corrected chi connectivity index (χ0v) is 15.7. The molecule has 0 unspecified atom stereocenters. The van der Waals surface area contributed by atoms with Crippen LogP contribution in [0.15, 0.2) is 27.4 Å². The van der Waals surface area contributed by atoms with Crippen molar-refractivity contribution in [3.8, 4) is 5.75 Å². The van der Waals surface area contributed by atoms with Gasteiger partial charge in [0.1, 0.15) is 11.3 Å². The molecule has 1 aliphatic carbocycles. The van der Waals surface area contributed by atoms with Crippen LogP contribution in [-0.2, 0) is 20.7 Å². The third-order valence-electron chi connectivity index (χ3n) is 4.92. The first-order valence-corrected chi connectivity index (χ1v) is 9.41. The Morgan fingerprint density at radius 3 is 2.81 bits per heavy atom. The number of hydrogen-bond acceptors (Lipinski definition) is 6. The second-order valence-corrected chi connectivity index (χ2v) is 6.77. The number of benzene rings is 1. The normalized spacial score (nSPS) is 17.1. The highest BCUT2D eigenvalue weighted by Crippen LogP contribution is 2.27. The Kier molecular flexibility index (Phi) is 5.94. The number of carbonyl (C=O) groups is 2. The lowest BCUT2D eigenvalue weighted by Gasteiger charge is -2.21. The molecule has 1 aromatic carbocycles. The summed E-state index contributed by atoms with van der Waals surface area (Å²) in [6, 6.07) is 5.26. The van der Waals surface area contributed by atoms with Crippen LogP contribution in [0.3, 0.4) is 0 Å². The summed E-state index contributed by atoms with van der Waals surface area (Å²) in [5.74, 6) is 0.301. The minimum Gasteiger partial charge on any atom is -0.483 e. The monoisotopic (exact) mass is 372 g/mol. The molecule has 27 heavy (non-hydrogen) atoms. The van der Waals surface area contributed by atoms with E-state index in [4.69, 9.17) is 13.9 Å². The first kappa shape index (κ1) is 19.1. The summed E-state index contributed by atoms with van der Waals surface area (Å²) in [6.07, 6.45) is 3.14. The van der Waals surface area contributed by atoms with Crippen molar-refractivity contribution in [1.82, 2.24) is 0 Å². The third-order valence-corrected chi connectivity index (χ3v) is 4.92. The van der Waals surface area contributed by atoms with E-state index in [0.717, 1.165) is 23.8 Å². The van der Waals surface area contributed by atoms with Gasteiger partial charge in [0, 0.05) is 29.9 Å². The van der Waals surface area contributed by atoms with Gasteiger partial charge in [0.15, 0.2) is 11.9 Å². The fraction of sp³-hybridized carbons (Fsp3) is 0.476. The highest BCUT2D eigenvalue weighted by Gasteiger charge is 2.24. The summed E-state index contributed by atoms with van der Waals surface area (Å²) in [7, 11) is 0. The predicted octanol–water partition coefficient (Wildman–Crippen LogP) is 3.49. The Bertz CT molecular complexity index is 911. The number of carbonyl (C=O) groups excluding carboxylic acids is 2. The van der Waals surface area contributed by atoms with E-state index in [2.05, 4.69) is 0 Å². The molecular weight excluding hydrogens is 348 g/mol. The lowest BCUT2D eigenvalue weighted by Crippen LogP contribution is -2.30. The number of esters is 1. The standard InChI is InChI=1S/C21H24O6/c1-3-25-20(23)11-10-16-13(2)15-9-8-14(12-19(15)27-21(16)24)26-18-7-5-4-6-17(18)22/h8-9,12,18H,3-7,10-11H2,1-2H3/t18-/m1/s1. The molecule has 0 aliphatic heterocycles. The van der Waals surface area contributed by atoms with E-state index in [1.807, 2.05) is 13.0 Å². The number of Topliss-reactive ketones (excluding diaryl/α,β-unsaturated/α-hetero) is 1. The van der Waals surface area contributed by atoms with Crippen LogP contribution in [0.5, 0.6) is 5.75 Å². The molecule has 0 N–H and O–H groups in total. The molecule has 0 bridgehead atoms. The number of ketones is 1. The van der Waals surface area contributed by atoms with Crippen LogP contribution in [-0.4, -0.2) is 24.5 Å². The first-order valence-electron chi connectivity index (χ1n) is 9.41. The van der Waals surface area contributed by atoms with Crippen molar-refractivity contribution >= 4 is 22.7 Å². The maximum absolute atomic E-state index is 12.4. The van der Waals surface area contributed by atoms with Gasteiger partial charge in [-0.2, -0.15) is 0 Å². The van der Waals surface area contributed by atoms with E-state index in [1.54, 1.807) is 19.1 Å². The van der Waals surface area contributed by atoms with Gasteiger partial charge in [-0.15, -0.1) is 0 Å². The van der Waals surface area contributed by atoms with Crippen LogP contribution in [0.4, 0.5) is 0 Å². The Labute approximate surface area is 157 Å². The van der Waals surface area contributed by atoms with E-state index in [1.165, 1.54) is 0 Å². The molecule has 1 fully saturated rings. The van der Waals surface area contributed by atoms with Crippen LogP contribution < -0.4 is 10.4 Å². The van der Waals surface area contributed by atoms with Gasteiger partial charge in [0.05, 0.1) is 6.61 Å². The molecule has 0 spiro atoms. The molecule has 0 saturated heterocycles. The maximum Gasteiger partial charge on any atom is 0.339 e. The largest absolute Gasteiger partial charge is 0.483 e. The second-order valence-electron chi connectivity index (χ2n) is 6.77. The van der Waals surface area contributed by atoms with Crippen molar-refractivity contribution in [2.75, 3.05) is 6.61 Å². The van der Waals surface area contributed by atoms with Crippen molar-refractivity contribution in [1.29, 1.82) is 0 Å². The SMILES string of the molecule is CCOC(=O)CCc1c(C)c2ccc(O[C@@H]3CCCCC3=O)cc2oc1=O. The van der Waals surface area contributed by atoms with Crippen molar-refractivity contribution in [2.45, 2.75) is 58.5 Å². The van der Waals surface area contributed by atoms with Crippen molar-refractivity contribution in [3.63, 3.8) is 0 Å².